The number of methoxy groups -OCH3 is 3. The average molecular weight is 300 g/mol. The molecule has 1 heterocycles. The van der Waals surface area contributed by atoms with Crippen LogP contribution in [0.25, 0.3) is 22.2 Å². The van der Waals surface area contributed by atoms with Crippen molar-refractivity contribution >= 4 is 11.0 Å². The van der Waals surface area contributed by atoms with Gasteiger partial charge >= 0.3 is 5.69 Å². The maximum absolute atomic E-state index is 11.5. The fourth-order valence-electron chi connectivity index (χ4n) is 2.54. The van der Waals surface area contributed by atoms with Crippen molar-refractivity contribution in [2.45, 2.75) is 0 Å². The zero-order valence-corrected chi connectivity index (χ0v) is 12.5. The number of para-hydroxylation sites is 1. The number of ether oxygens (including phenoxy) is 3. The summed E-state index contributed by atoms with van der Waals surface area (Å²) in [5, 5.41) is 0. The molecular formula is C16H16N2O4. The second kappa shape index (κ2) is 5.48. The van der Waals surface area contributed by atoms with Gasteiger partial charge in [0, 0.05) is 5.56 Å². The van der Waals surface area contributed by atoms with Crippen LogP contribution in [-0.4, -0.2) is 31.3 Å². The van der Waals surface area contributed by atoms with Crippen molar-refractivity contribution in [2.75, 3.05) is 21.3 Å². The summed E-state index contributed by atoms with van der Waals surface area (Å²) in [6.07, 6.45) is 0. The van der Waals surface area contributed by atoms with Crippen LogP contribution >= 0.6 is 0 Å². The maximum Gasteiger partial charge on any atom is 0.323 e. The van der Waals surface area contributed by atoms with Gasteiger partial charge in [-0.2, -0.15) is 0 Å². The van der Waals surface area contributed by atoms with Crippen molar-refractivity contribution in [2.24, 2.45) is 0 Å². The number of aromatic amines is 2. The van der Waals surface area contributed by atoms with Crippen LogP contribution in [0.15, 0.2) is 35.1 Å². The van der Waals surface area contributed by atoms with Gasteiger partial charge in [-0.05, 0) is 23.8 Å². The number of rotatable bonds is 4. The van der Waals surface area contributed by atoms with Gasteiger partial charge in [-0.1, -0.05) is 12.1 Å². The summed E-state index contributed by atoms with van der Waals surface area (Å²) in [5.74, 6) is 1.65. The molecule has 0 radical (unpaired) electrons. The summed E-state index contributed by atoms with van der Waals surface area (Å²) in [5.41, 5.74) is 2.97. The number of imidazole rings is 1. The molecule has 6 heteroatoms. The van der Waals surface area contributed by atoms with Crippen LogP contribution in [0.3, 0.4) is 0 Å². The minimum atomic E-state index is -0.241. The molecule has 0 saturated carbocycles. The highest BCUT2D eigenvalue weighted by Crippen LogP contribution is 2.42. The molecule has 0 fully saturated rings. The summed E-state index contributed by atoms with van der Waals surface area (Å²) >= 11 is 0. The van der Waals surface area contributed by atoms with Gasteiger partial charge in [0.15, 0.2) is 11.5 Å². The van der Waals surface area contributed by atoms with Crippen LogP contribution < -0.4 is 19.9 Å². The fourth-order valence-corrected chi connectivity index (χ4v) is 2.54. The smallest absolute Gasteiger partial charge is 0.323 e. The van der Waals surface area contributed by atoms with Crippen LogP contribution in [0.5, 0.6) is 17.2 Å². The molecule has 0 atom stereocenters. The van der Waals surface area contributed by atoms with Crippen molar-refractivity contribution in [3.8, 4) is 28.4 Å². The molecular weight excluding hydrogens is 284 g/mol. The first-order valence-electron chi connectivity index (χ1n) is 6.69. The van der Waals surface area contributed by atoms with Crippen LogP contribution in [0.2, 0.25) is 0 Å². The van der Waals surface area contributed by atoms with Crippen molar-refractivity contribution in [1.82, 2.24) is 9.97 Å². The monoisotopic (exact) mass is 300 g/mol. The van der Waals surface area contributed by atoms with E-state index in [9.17, 15) is 4.79 Å². The van der Waals surface area contributed by atoms with E-state index in [-0.39, 0.29) is 5.69 Å². The molecule has 0 aliphatic rings. The zero-order chi connectivity index (χ0) is 15.7. The Morgan fingerprint density at radius 2 is 1.59 bits per heavy atom. The highest BCUT2D eigenvalue weighted by molar-refractivity contribution is 5.92. The van der Waals surface area contributed by atoms with E-state index in [1.165, 1.54) is 0 Å². The predicted octanol–water partition coefficient (Wildman–Crippen LogP) is 2.55. The summed E-state index contributed by atoms with van der Waals surface area (Å²) in [4.78, 5) is 17.1. The van der Waals surface area contributed by atoms with Gasteiger partial charge in [0.25, 0.3) is 0 Å². The normalized spacial score (nSPS) is 10.7. The van der Waals surface area contributed by atoms with Gasteiger partial charge in [0.05, 0.1) is 32.4 Å². The van der Waals surface area contributed by atoms with Crippen molar-refractivity contribution < 1.29 is 14.2 Å². The van der Waals surface area contributed by atoms with E-state index in [0.717, 1.165) is 22.2 Å². The second-order valence-corrected chi connectivity index (χ2v) is 4.72. The number of fused-ring (bicyclic) bond motifs is 1. The van der Waals surface area contributed by atoms with Crippen LogP contribution in [0.1, 0.15) is 0 Å². The molecule has 3 aromatic rings. The van der Waals surface area contributed by atoms with E-state index in [0.29, 0.717) is 17.2 Å². The van der Waals surface area contributed by atoms with Gasteiger partial charge in [0.2, 0.25) is 5.75 Å². The van der Waals surface area contributed by atoms with Gasteiger partial charge in [-0.15, -0.1) is 0 Å². The number of hydrogen-bond donors (Lipinski definition) is 2. The minimum Gasteiger partial charge on any atom is -0.493 e. The van der Waals surface area contributed by atoms with E-state index in [4.69, 9.17) is 14.2 Å². The number of nitrogens with one attached hydrogen (secondary N) is 2. The topological polar surface area (TPSA) is 76.3 Å². The van der Waals surface area contributed by atoms with E-state index < -0.39 is 0 Å². The third kappa shape index (κ3) is 2.18. The molecule has 22 heavy (non-hydrogen) atoms. The molecule has 6 nitrogen and oxygen atoms in total. The third-order valence-corrected chi connectivity index (χ3v) is 3.53. The number of aromatic nitrogens is 2. The first-order valence-corrected chi connectivity index (χ1v) is 6.69. The molecule has 0 bridgehead atoms. The lowest BCUT2D eigenvalue weighted by Gasteiger charge is -2.14. The molecule has 2 N–H and O–H groups in total. The summed E-state index contributed by atoms with van der Waals surface area (Å²) < 4.78 is 16.1. The Bertz CT molecular complexity index is 854. The Kier molecular flexibility index (Phi) is 3.50. The maximum atomic E-state index is 11.5. The fraction of sp³-hybridized carbons (Fsp3) is 0.188. The zero-order valence-electron chi connectivity index (χ0n) is 12.5. The van der Waals surface area contributed by atoms with Crippen LogP contribution in [-0.2, 0) is 0 Å². The van der Waals surface area contributed by atoms with Gasteiger partial charge in [-0.25, -0.2) is 4.79 Å². The van der Waals surface area contributed by atoms with E-state index in [1.807, 2.05) is 30.3 Å². The lowest BCUT2D eigenvalue weighted by molar-refractivity contribution is 0.324. The van der Waals surface area contributed by atoms with Crippen molar-refractivity contribution in [3.63, 3.8) is 0 Å². The molecule has 1 aromatic heterocycles. The van der Waals surface area contributed by atoms with Gasteiger partial charge in [-0.3, -0.25) is 0 Å². The molecule has 0 amide bonds. The average Bonchev–Trinajstić information content (AvgIpc) is 2.93. The highest BCUT2D eigenvalue weighted by atomic mass is 16.5. The standard InChI is InChI=1S/C16H16N2O4/c1-20-12-7-9(8-13(21-2)15(12)22-3)10-5-4-6-11-14(10)18-16(19)17-11/h4-8H,1-3H3,(H2,17,18,19). The Labute approximate surface area is 126 Å². The molecule has 114 valence electrons. The predicted molar refractivity (Wildman–Crippen MR) is 84.0 cm³/mol. The Morgan fingerprint density at radius 1 is 0.909 bits per heavy atom. The number of H-pyrrole nitrogens is 2. The summed E-state index contributed by atoms with van der Waals surface area (Å²) in [6, 6.07) is 9.34. The second-order valence-electron chi connectivity index (χ2n) is 4.72. The Balaban J connectivity index is 2.28. The van der Waals surface area contributed by atoms with Crippen LogP contribution in [0, 0.1) is 0 Å². The number of benzene rings is 2. The molecule has 0 aliphatic carbocycles. The van der Waals surface area contributed by atoms with E-state index >= 15 is 0 Å². The summed E-state index contributed by atoms with van der Waals surface area (Å²) in [6.45, 7) is 0. The molecule has 2 aromatic carbocycles. The molecule has 0 spiro atoms. The Morgan fingerprint density at radius 3 is 2.18 bits per heavy atom. The highest BCUT2D eigenvalue weighted by Gasteiger charge is 2.15. The van der Waals surface area contributed by atoms with E-state index in [2.05, 4.69) is 9.97 Å². The van der Waals surface area contributed by atoms with Gasteiger partial charge < -0.3 is 24.2 Å². The third-order valence-electron chi connectivity index (χ3n) is 3.53. The molecule has 0 aliphatic heterocycles. The quantitative estimate of drug-likeness (QED) is 0.776. The van der Waals surface area contributed by atoms with Crippen molar-refractivity contribution in [1.29, 1.82) is 0 Å². The van der Waals surface area contributed by atoms with Crippen molar-refractivity contribution in [3.05, 3.63) is 40.8 Å². The minimum absolute atomic E-state index is 0.241. The number of hydrogen-bond acceptors (Lipinski definition) is 4. The van der Waals surface area contributed by atoms with Crippen LogP contribution in [0.4, 0.5) is 0 Å². The molecule has 0 saturated heterocycles. The lowest BCUT2D eigenvalue weighted by Crippen LogP contribution is -1.99. The largest absolute Gasteiger partial charge is 0.493 e. The van der Waals surface area contributed by atoms with Gasteiger partial charge in [0.1, 0.15) is 0 Å². The van der Waals surface area contributed by atoms with E-state index in [1.54, 1.807) is 21.3 Å². The molecule has 0 unspecified atom stereocenters. The molecule has 3 rings (SSSR count). The Hall–Kier alpha value is -2.89. The first kappa shape index (κ1) is 14.1. The summed E-state index contributed by atoms with van der Waals surface area (Å²) in [7, 11) is 4.70. The first-order chi connectivity index (χ1) is 10.7. The SMILES string of the molecule is COc1cc(-c2cccc3[nH]c(=O)[nH]c23)cc(OC)c1OC. The lowest BCUT2D eigenvalue weighted by atomic mass is 10.0.